The average Bonchev–Trinajstić information content (AvgIpc) is 2.40. The predicted molar refractivity (Wildman–Crippen MR) is 62.5 cm³/mol. The van der Waals surface area contributed by atoms with Crippen LogP contribution in [-0.2, 0) is 0 Å². The number of hydrogen-bond donors (Lipinski definition) is 0. The molecule has 0 saturated carbocycles. The summed E-state index contributed by atoms with van der Waals surface area (Å²) in [6.07, 6.45) is 8.49. The van der Waals surface area contributed by atoms with Crippen LogP contribution in [0.5, 0.6) is 0 Å². The highest BCUT2D eigenvalue weighted by Crippen LogP contribution is 2.33. The van der Waals surface area contributed by atoms with Gasteiger partial charge in [-0.15, -0.1) is 0 Å². The van der Waals surface area contributed by atoms with Crippen LogP contribution in [0, 0.1) is 0 Å². The molecule has 0 N–H and O–H groups in total. The van der Waals surface area contributed by atoms with E-state index in [-0.39, 0.29) is 0 Å². The van der Waals surface area contributed by atoms with Crippen LogP contribution in [0.4, 0.5) is 0 Å². The van der Waals surface area contributed by atoms with Crippen LogP contribution < -0.4 is 0 Å². The van der Waals surface area contributed by atoms with Gasteiger partial charge in [-0.3, -0.25) is 4.48 Å². The second-order valence-electron chi connectivity index (χ2n) is 3.97. The van der Waals surface area contributed by atoms with Gasteiger partial charge in [0, 0.05) is 25.5 Å². The van der Waals surface area contributed by atoms with Crippen molar-refractivity contribution in [1.29, 1.82) is 0 Å². The van der Waals surface area contributed by atoms with Crippen LogP contribution in [0.25, 0.3) is 0 Å². The third-order valence-electron chi connectivity index (χ3n) is 3.23. The van der Waals surface area contributed by atoms with Gasteiger partial charge in [-0.2, -0.15) is 0 Å². The summed E-state index contributed by atoms with van der Waals surface area (Å²) in [4.78, 5) is 0. The predicted octanol–water partition coefficient (Wildman–Crippen LogP) is 3.39. The molecule has 0 radical (unpaired) electrons. The smallest absolute Gasteiger partial charge is 0.118 e. The molecule has 76 valence electrons. The minimum atomic E-state index is 0.908. The van der Waals surface area contributed by atoms with E-state index in [1.807, 2.05) is 6.08 Å². The van der Waals surface area contributed by atoms with Crippen molar-refractivity contribution in [3.63, 3.8) is 0 Å². The van der Waals surface area contributed by atoms with Crippen molar-refractivity contribution >= 4 is 0 Å². The lowest BCUT2D eigenvalue weighted by Crippen LogP contribution is -2.38. The molecule has 0 spiro atoms. The first-order valence-electron chi connectivity index (χ1n) is 5.05. The molecule has 1 heteroatoms. The number of nitrogens with zero attached hydrogens (tertiary/aromatic N) is 1. The van der Waals surface area contributed by atoms with E-state index < -0.39 is 0 Å². The Hall–Kier alpha value is -1.08. The third kappa shape index (κ3) is 1.60. The fraction of sp³-hybridized carbons (Fsp3) is 0.385. The van der Waals surface area contributed by atoms with Crippen LogP contribution in [0.1, 0.15) is 20.8 Å². The Morgan fingerprint density at radius 2 is 2.07 bits per heavy atom. The van der Waals surface area contributed by atoms with E-state index in [1.165, 1.54) is 17.0 Å². The molecule has 0 aromatic rings. The van der Waals surface area contributed by atoms with Crippen LogP contribution in [-0.4, -0.2) is 18.1 Å². The Morgan fingerprint density at radius 3 is 2.50 bits per heavy atom. The van der Waals surface area contributed by atoms with Gasteiger partial charge in [-0.25, -0.2) is 0 Å². The zero-order chi connectivity index (χ0) is 10.8. The summed E-state index contributed by atoms with van der Waals surface area (Å²) >= 11 is 0. The Bertz CT molecular complexity index is 331. The van der Waals surface area contributed by atoms with Crippen molar-refractivity contribution in [3.8, 4) is 0 Å². The molecule has 1 rings (SSSR count). The maximum atomic E-state index is 3.84. The summed E-state index contributed by atoms with van der Waals surface area (Å²) in [5, 5.41) is 0. The molecule has 1 atom stereocenters. The molecule has 1 nitrogen and oxygen atoms in total. The lowest BCUT2D eigenvalue weighted by molar-refractivity contribution is -0.825. The molecule has 0 fully saturated rings. The van der Waals surface area contributed by atoms with E-state index in [0.717, 1.165) is 11.0 Å². The second-order valence-corrected chi connectivity index (χ2v) is 3.97. The van der Waals surface area contributed by atoms with Crippen molar-refractivity contribution in [2.75, 3.05) is 13.6 Å². The fourth-order valence-corrected chi connectivity index (χ4v) is 1.83. The summed E-state index contributed by atoms with van der Waals surface area (Å²) in [6.45, 7) is 11.3. The number of likely N-dealkylation sites (N-methyl/N-ethyl adjacent to an activating group) is 1. The third-order valence-corrected chi connectivity index (χ3v) is 3.23. The first kappa shape index (κ1) is 11.0. The summed E-state index contributed by atoms with van der Waals surface area (Å²) in [7, 11) is 2.25. The van der Waals surface area contributed by atoms with Crippen molar-refractivity contribution in [1.82, 2.24) is 0 Å². The van der Waals surface area contributed by atoms with E-state index in [1.54, 1.807) is 0 Å². The number of allylic oxidation sites excluding steroid dienone is 6. The fourth-order valence-electron chi connectivity index (χ4n) is 1.83. The van der Waals surface area contributed by atoms with Crippen LogP contribution >= 0.6 is 0 Å². The molecule has 14 heavy (non-hydrogen) atoms. The Labute approximate surface area is 87.3 Å². The van der Waals surface area contributed by atoms with Crippen molar-refractivity contribution in [2.24, 2.45) is 0 Å². The highest BCUT2D eigenvalue weighted by Gasteiger charge is 2.32. The van der Waals surface area contributed by atoms with Gasteiger partial charge < -0.3 is 0 Å². The molecule has 0 saturated heterocycles. The van der Waals surface area contributed by atoms with Crippen molar-refractivity contribution in [2.45, 2.75) is 20.8 Å². The van der Waals surface area contributed by atoms with Crippen molar-refractivity contribution < 1.29 is 4.48 Å². The van der Waals surface area contributed by atoms with Crippen LogP contribution in [0.3, 0.4) is 0 Å². The highest BCUT2D eigenvalue weighted by atomic mass is 15.4. The second kappa shape index (κ2) is 3.97. The molecule has 0 aromatic heterocycles. The monoisotopic (exact) mass is 190 g/mol. The van der Waals surface area contributed by atoms with Gasteiger partial charge in [0.25, 0.3) is 0 Å². The van der Waals surface area contributed by atoms with Gasteiger partial charge in [-0.05, 0) is 13.0 Å². The highest BCUT2D eigenvalue weighted by molar-refractivity contribution is 5.37. The topological polar surface area (TPSA) is 0 Å². The van der Waals surface area contributed by atoms with Crippen LogP contribution in [0.2, 0.25) is 0 Å². The lowest BCUT2D eigenvalue weighted by atomic mass is 10.2. The number of hydrogen-bond acceptors (Lipinski definition) is 0. The summed E-state index contributed by atoms with van der Waals surface area (Å²) in [5.41, 5.74) is 4.04. The van der Waals surface area contributed by atoms with Gasteiger partial charge >= 0.3 is 0 Å². The minimum absolute atomic E-state index is 0.908. The molecule has 1 aliphatic heterocycles. The molecular weight excluding hydrogens is 170 g/mol. The van der Waals surface area contributed by atoms with Gasteiger partial charge in [-0.1, -0.05) is 18.7 Å². The van der Waals surface area contributed by atoms with Gasteiger partial charge in [0.15, 0.2) is 0 Å². The first-order chi connectivity index (χ1) is 6.56. The quantitative estimate of drug-likeness (QED) is 0.473. The van der Waals surface area contributed by atoms with Gasteiger partial charge in [0.05, 0.1) is 7.05 Å². The summed E-state index contributed by atoms with van der Waals surface area (Å²) in [5.74, 6) is 0. The molecular formula is C13H20N+. The molecule has 0 aliphatic carbocycles. The van der Waals surface area contributed by atoms with Crippen LogP contribution in [0.15, 0.2) is 47.9 Å². The van der Waals surface area contributed by atoms with E-state index in [2.05, 4.69) is 52.6 Å². The summed E-state index contributed by atoms with van der Waals surface area (Å²) < 4.78 is 0.908. The molecule has 1 aliphatic rings. The zero-order valence-electron chi connectivity index (χ0n) is 9.67. The van der Waals surface area contributed by atoms with E-state index in [9.17, 15) is 0 Å². The Balaban J connectivity index is 3.05. The van der Waals surface area contributed by atoms with Crippen molar-refractivity contribution in [3.05, 3.63) is 47.9 Å². The standard InChI is InChI=1S/C13H20N/c1-6-8-9-14(5)11(3)10-13(7-2)12(14)4/h6-8,10H,2,9H2,1,3-5H3/q+1. The van der Waals surface area contributed by atoms with E-state index in [4.69, 9.17) is 0 Å². The Morgan fingerprint density at radius 1 is 1.43 bits per heavy atom. The Kier molecular flexibility index (Phi) is 3.12. The molecule has 1 unspecified atom stereocenters. The number of quaternary nitrogens is 1. The normalized spacial score (nSPS) is 27.3. The average molecular weight is 190 g/mol. The van der Waals surface area contributed by atoms with Gasteiger partial charge in [0.1, 0.15) is 17.9 Å². The minimum Gasteiger partial charge on any atom is -0.265 e. The lowest BCUT2D eigenvalue weighted by Gasteiger charge is -2.30. The largest absolute Gasteiger partial charge is 0.265 e. The van der Waals surface area contributed by atoms with E-state index >= 15 is 0 Å². The molecule has 1 heterocycles. The molecule has 0 aromatic carbocycles. The summed E-state index contributed by atoms with van der Waals surface area (Å²) in [6, 6.07) is 0. The maximum absolute atomic E-state index is 3.84. The van der Waals surface area contributed by atoms with Gasteiger partial charge in [0.2, 0.25) is 0 Å². The first-order valence-corrected chi connectivity index (χ1v) is 5.05. The zero-order valence-corrected chi connectivity index (χ0v) is 9.67. The number of rotatable bonds is 3. The molecule has 0 bridgehead atoms. The van der Waals surface area contributed by atoms with E-state index in [0.29, 0.717) is 0 Å². The maximum Gasteiger partial charge on any atom is 0.118 e. The molecule has 0 amide bonds. The SMILES string of the molecule is C=CC1=C(C)[N+](C)(CC=CC)C(C)=C1.